The van der Waals surface area contributed by atoms with Crippen LogP contribution < -0.4 is 9.47 Å². The molecule has 0 amide bonds. The number of halogens is 3. The lowest BCUT2D eigenvalue weighted by Gasteiger charge is -2.15. The second-order valence-electron chi connectivity index (χ2n) is 4.35. The van der Waals surface area contributed by atoms with Crippen molar-refractivity contribution < 1.29 is 19.0 Å². The van der Waals surface area contributed by atoms with E-state index in [1.54, 1.807) is 32.2 Å². The van der Waals surface area contributed by atoms with Crippen molar-refractivity contribution in [2.24, 2.45) is 0 Å². The van der Waals surface area contributed by atoms with Crippen LogP contribution in [0.1, 0.15) is 18.6 Å². The molecule has 6 heteroatoms. The molecule has 0 heterocycles. The van der Waals surface area contributed by atoms with Crippen molar-refractivity contribution >= 4 is 31.9 Å². The molecule has 2 aromatic rings. The molecule has 0 unspecified atom stereocenters. The summed E-state index contributed by atoms with van der Waals surface area (Å²) in [5.74, 6) is 0.505. The Morgan fingerprint density at radius 3 is 2.38 bits per heavy atom. The lowest BCUT2D eigenvalue weighted by Crippen LogP contribution is -1.99. The van der Waals surface area contributed by atoms with Gasteiger partial charge in [-0.15, -0.1) is 0 Å². The van der Waals surface area contributed by atoms with Crippen LogP contribution in [0.15, 0.2) is 39.3 Å². The highest BCUT2D eigenvalue weighted by atomic mass is 79.9. The highest BCUT2D eigenvalue weighted by molar-refractivity contribution is 9.11. The third kappa shape index (κ3) is 3.56. The van der Waals surface area contributed by atoms with Gasteiger partial charge in [-0.05, 0) is 57.0 Å². The van der Waals surface area contributed by atoms with E-state index in [1.807, 2.05) is 0 Å². The van der Waals surface area contributed by atoms with E-state index in [4.69, 9.17) is 9.47 Å². The molecule has 0 aromatic heterocycles. The van der Waals surface area contributed by atoms with E-state index in [9.17, 15) is 9.50 Å². The highest BCUT2D eigenvalue weighted by Crippen LogP contribution is 2.40. The van der Waals surface area contributed by atoms with Gasteiger partial charge in [0.2, 0.25) is 0 Å². The molecule has 1 atom stereocenters. The van der Waals surface area contributed by atoms with Gasteiger partial charge in [-0.25, -0.2) is 4.39 Å². The number of ether oxygens (including phenoxy) is 2. The van der Waals surface area contributed by atoms with Crippen LogP contribution in [0.25, 0.3) is 0 Å². The first-order valence-corrected chi connectivity index (χ1v) is 7.70. The first kappa shape index (κ1) is 16.3. The summed E-state index contributed by atoms with van der Waals surface area (Å²) in [5, 5.41) is 9.73. The second kappa shape index (κ2) is 6.77. The Bertz CT molecular complexity index is 660. The zero-order valence-electron chi connectivity index (χ0n) is 11.4. The minimum absolute atomic E-state index is 0.00488. The molecule has 0 saturated carbocycles. The largest absolute Gasteiger partial charge is 0.496 e. The zero-order chi connectivity index (χ0) is 15.6. The molecule has 0 spiro atoms. The molecule has 2 aromatic carbocycles. The van der Waals surface area contributed by atoms with Crippen LogP contribution in [-0.4, -0.2) is 12.2 Å². The summed E-state index contributed by atoms with van der Waals surface area (Å²) >= 11 is 6.71. The molecule has 0 radical (unpaired) electrons. The molecule has 0 aliphatic rings. The zero-order valence-corrected chi connectivity index (χ0v) is 14.5. The molecule has 0 aliphatic heterocycles. The van der Waals surface area contributed by atoms with Gasteiger partial charge in [0.1, 0.15) is 11.5 Å². The van der Waals surface area contributed by atoms with Gasteiger partial charge in [0.25, 0.3) is 0 Å². The van der Waals surface area contributed by atoms with Crippen molar-refractivity contribution in [1.82, 2.24) is 0 Å². The first-order chi connectivity index (χ1) is 9.93. The van der Waals surface area contributed by atoms with Crippen LogP contribution in [0.3, 0.4) is 0 Å². The van der Waals surface area contributed by atoms with Crippen molar-refractivity contribution in [2.75, 3.05) is 7.11 Å². The number of aliphatic hydroxyl groups excluding tert-OH is 1. The molecular weight excluding hydrogens is 407 g/mol. The third-order valence-corrected chi connectivity index (χ3v) is 4.11. The van der Waals surface area contributed by atoms with Gasteiger partial charge in [-0.3, -0.25) is 0 Å². The second-order valence-corrected chi connectivity index (χ2v) is 6.06. The number of hydrogen-bond acceptors (Lipinski definition) is 3. The maximum atomic E-state index is 14.0. The van der Waals surface area contributed by atoms with Gasteiger partial charge in [-0.2, -0.15) is 0 Å². The fraction of sp³-hybridized carbons (Fsp3) is 0.200. The van der Waals surface area contributed by atoms with Crippen LogP contribution >= 0.6 is 31.9 Å². The average Bonchev–Trinajstić information content (AvgIpc) is 2.44. The molecule has 0 saturated heterocycles. The SMILES string of the molecule is COc1cc(Br)c(Oc2c(F)cccc2[C@H](C)O)cc1Br. The van der Waals surface area contributed by atoms with Crippen molar-refractivity contribution in [3.8, 4) is 17.2 Å². The minimum Gasteiger partial charge on any atom is -0.496 e. The fourth-order valence-electron chi connectivity index (χ4n) is 1.82. The van der Waals surface area contributed by atoms with Crippen molar-refractivity contribution in [3.05, 3.63) is 50.7 Å². The van der Waals surface area contributed by atoms with Crippen molar-refractivity contribution in [1.29, 1.82) is 0 Å². The van der Waals surface area contributed by atoms with E-state index >= 15 is 0 Å². The van der Waals surface area contributed by atoms with Crippen LogP contribution in [0.2, 0.25) is 0 Å². The summed E-state index contributed by atoms with van der Waals surface area (Å²) in [6, 6.07) is 7.82. The summed E-state index contributed by atoms with van der Waals surface area (Å²) in [6.07, 6.45) is -0.837. The van der Waals surface area contributed by atoms with Gasteiger partial charge < -0.3 is 14.6 Å². The van der Waals surface area contributed by atoms with Gasteiger partial charge in [0.15, 0.2) is 11.6 Å². The summed E-state index contributed by atoms with van der Waals surface area (Å²) in [6.45, 7) is 1.56. The van der Waals surface area contributed by atoms with E-state index in [0.717, 1.165) is 0 Å². The van der Waals surface area contributed by atoms with Crippen LogP contribution in [0, 0.1) is 5.82 Å². The topological polar surface area (TPSA) is 38.7 Å². The molecule has 0 bridgehead atoms. The molecule has 21 heavy (non-hydrogen) atoms. The lowest BCUT2D eigenvalue weighted by molar-refractivity contribution is 0.194. The maximum Gasteiger partial charge on any atom is 0.168 e. The molecule has 2 rings (SSSR count). The fourth-order valence-corrected chi connectivity index (χ4v) is 2.70. The number of benzene rings is 2. The van der Waals surface area contributed by atoms with Crippen molar-refractivity contribution in [2.45, 2.75) is 13.0 Å². The summed E-state index contributed by atoms with van der Waals surface area (Å²) < 4.78 is 26.1. The number of aliphatic hydroxyl groups is 1. The summed E-state index contributed by atoms with van der Waals surface area (Å²) in [7, 11) is 1.55. The molecule has 0 aliphatic carbocycles. The molecule has 3 nitrogen and oxygen atoms in total. The van der Waals surface area contributed by atoms with Gasteiger partial charge in [0.05, 0.1) is 22.2 Å². The Morgan fingerprint density at radius 1 is 1.14 bits per heavy atom. The molecule has 1 N–H and O–H groups in total. The maximum absolute atomic E-state index is 14.0. The van der Waals surface area contributed by atoms with E-state index < -0.39 is 11.9 Å². The quantitative estimate of drug-likeness (QED) is 0.739. The lowest BCUT2D eigenvalue weighted by atomic mass is 10.1. The predicted molar refractivity (Wildman–Crippen MR) is 85.5 cm³/mol. The van der Waals surface area contributed by atoms with Crippen molar-refractivity contribution in [3.63, 3.8) is 0 Å². The number of rotatable bonds is 4. The molecular formula is C15H13Br2FO3. The predicted octanol–water partition coefficient (Wildman–Crippen LogP) is 5.20. The monoisotopic (exact) mass is 418 g/mol. The Morgan fingerprint density at radius 2 is 1.76 bits per heavy atom. The number of para-hydroxylation sites is 1. The Balaban J connectivity index is 2.46. The van der Waals surface area contributed by atoms with Crippen LogP contribution in [-0.2, 0) is 0 Å². The molecule has 0 fully saturated rings. The third-order valence-electron chi connectivity index (χ3n) is 2.87. The minimum atomic E-state index is -0.837. The summed E-state index contributed by atoms with van der Waals surface area (Å²) in [5.41, 5.74) is 0.383. The number of hydrogen-bond donors (Lipinski definition) is 1. The van der Waals surface area contributed by atoms with E-state index in [-0.39, 0.29) is 5.75 Å². The average molecular weight is 420 g/mol. The van der Waals surface area contributed by atoms with E-state index in [0.29, 0.717) is 26.0 Å². The molecule has 112 valence electrons. The Kier molecular flexibility index (Phi) is 5.24. The van der Waals surface area contributed by atoms with E-state index in [2.05, 4.69) is 31.9 Å². The summed E-state index contributed by atoms with van der Waals surface area (Å²) in [4.78, 5) is 0. The first-order valence-electron chi connectivity index (χ1n) is 6.11. The Hall–Kier alpha value is -1.11. The van der Waals surface area contributed by atoms with Gasteiger partial charge in [-0.1, -0.05) is 12.1 Å². The van der Waals surface area contributed by atoms with Gasteiger partial charge in [0, 0.05) is 5.56 Å². The normalized spacial score (nSPS) is 12.1. The highest BCUT2D eigenvalue weighted by Gasteiger charge is 2.17. The Labute approximate surface area is 139 Å². The van der Waals surface area contributed by atoms with Crippen LogP contribution in [0.5, 0.6) is 17.2 Å². The van der Waals surface area contributed by atoms with E-state index in [1.165, 1.54) is 12.1 Å². The van der Waals surface area contributed by atoms with Gasteiger partial charge >= 0.3 is 0 Å². The van der Waals surface area contributed by atoms with Crippen LogP contribution in [0.4, 0.5) is 4.39 Å². The standard InChI is InChI=1S/C15H13Br2FO3/c1-8(19)9-4-3-5-12(18)15(9)21-14-7-10(16)13(20-2)6-11(14)17/h3-8,19H,1-2H3/t8-/m0/s1. The smallest absolute Gasteiger partial charge is 0.168 e. The number of methoxy groups -OCH3 is 1.